The molecule has 1 aromatic heterocycles. The molecule has 0 amide bonds. The summed E-state index contributed by atoms with van der Waals surface area (Å²) in [6.45, 7) is 2.97. The first-order chi connectivity index (χ1) is 7.75. The van der Waals surface area contributed by atoms with Crippen LogP contribution >= 0.6 is 22.9 Å². The summed E-state index contributed by atoms with van der Waals surface area (Å²) in [7, 11) is 0. The molecule has 84 valence electrons. The lowest BCUT2D eigenvalue weighted by atomic mass is 10.3. The van der Waals surface area contributed by atoms with Gasteiger partial charge in [0.15, 0.2) is 0 Å². The summed E-state index contributed by atoms with van der Waals surface area (Å²) in [5.74, 6) is 0. The summed E-state index contributed by atoms with van der Waals surface area (Å²) in [5, 5.41) is 4.13. The molecule has 2 aromatic rings. The average molecular weight is 253 g/mol. The minimum absolute atomic E-state index is 0.767. The van der Waals surface area contributed by atoms with Gasteiger partial charge in [-0.05, 0) is 31.2 Å². The molecule has 1 heterocycles. The Balaban J connectivity index is 1.84. The molecule has 0 saturated carbocycles. The SMILES string of the molecule is Cc1ncsc1CCNc1ccc(Cl)cc1. The molecule has 0 spiro atoms. The van der Waals surface area contributed by atoms with Gasteiger partial charge in [0.05, 0.1) is 11.2 Å². The molecule has 4 heteroatoms. The van der Waals surface area contributed by atoms with Crippen molar-refractivity contribution in [3.05, 3.63) is 45.4 Å². The van der Waals surface area contributed by atoms with Crippen molar-refractivity contribution in [2.24, 2.45) is 0 Å². The van der Waals surface area contributed by atoms with Crippen LogP contribution in [-0.2, 0) is 6.42 Å². The lowest BCUT2D eigenvalue weighted by Gasteiger charge is -2.05. The third-order valence-electron chi connectivity index (χ3n) is 2.37. The van der Waals surface area contributed by atoms with Crippen LogP contribution in [0.5, 0.6) is 0 Å². The van der Waals surface area contributed by atoms with Crippen LogP contribution in [0.25, 0.3) is 0 Å². The van der Waals surface area contributed by atoms with E-state index in [0.717, 1.165) is 29.4 Å². The predicted octanol–water partition coefficient (Wildman–Crippen LogP) is 3.76. The molecule has 16 heavy (non-hydrogen) atoms. The lowest BCUT2D eigenvalue weighted by molar-refractivity contribution is 1.02. The van der Waals surface area contributed by atoms with Crippen LogP contribution in [0.4, 0.5) is 5.69 Å². The Morgan fingerprint density at radius 1 is 1.31 bits per heavy atom. The fourth-order valence-electron chi connectivity index (χ4n) is 1.45. The molecule has 0 aliphatic heterocycles. The zero-order valence-corrected chi connectivity index (χ0v) is 10.6. The van der Waals surface area contributed by atoms with Gasteiger partial charge >= 0.3 is 0 Å². The van der Waals surface area contributed by atoms with Gasteiger partial charge in [-0.25, -0.2) is 4.98 Å². The van der Waals surface area contributed by atoms with Crippen LogP contribution in [0.3, 0.4) is 0 Å². The summed E-state index contributed by atoms with van der Waals surface area (Å²) in [6.07, 6.45) is 1.01. The number of thiazole rings is 1. The molecule has 0 unspecified atom stereocenters. The maximum Gasteiger partial charge on any atom is 0.0797 e. The molecule has 1 N–H and O–H groups in total. The van der Waals surface area contributed by atoms with E-state index in [0.29, 0.717) is 0 Å². The topological polar surface area (TPSA) is 24.9 Å². The van der Waals surface area contributed by atoms with E-state index >= 15 is 0 Å². The number of halogens is 1. The molecule has 1 aromatic carbocycles. The third-order valence-corrected chi connectivity index (χ3v) is 3.62. The number of aryl methyl sites for hydroxylation is 1. The number of rotatable bonds is 4. The van der Waals surface area contributed by atoms with Crippen molar-refractivity contribution in [1.29, 1.82) is 0 Å². The molecule has 0 aliphatic rings. The number of anilines is 1. The highest BCUT2D eigenvalue weighted by molar-refractivity contribution is 7.09. The smallest absolute Gasteiger partial charge is 0.0797 e. The van der Waals surface area contributed by atoms with Gasteiger partial charge in [-0.2, -0.15) is 0 Å². The summed E-state index contributed by atoms with van der Waals surface area (Å²) in [6, 6.07) is 7.76. The van der Waals surface area contributed by atoms with E-state index < -0.39 is 0 Å². The zero-order chi connectivity index (χ0) is 11.4. The number of nitrogens with zero attached hydrogens (tertiary/aromatic N) is 1. The van der Waals surface area contributed by atoms with Crippen molar-refractivity contribution in [2.75, 3.05) is 11.9 Å². The van der Waals surface area contributed by atoms with Crippen LogP contribution in [0.1, 0.15) is 10.6 Å². The van der Waals surface area contributed by atoms with E-state index in [4.69, 9.17) is 11.6 Å². The minimum Gasteiger partial charge on any atom is -0.385 e. The Hall–Kier alpha value is -1.06. The van der Waals surface area contributed by atoms with E-state index in [2.05, 4.69) is 10.3 Å². The highest BCUT2D eigenvalue weighted by atomic mass is 35.5. The van der Waals surface area contributed by atoms with Crippen LogP contribution < -0.4 is 5.32 Å². The fourth-order valence-corrected chi connectivity index (χ4v) is 2.36. The normalized spacial score (nSPS) is 10.4. The Morgan fingerprint density at radius 2 is 2.06 bits per heavy atom. The van der Waals surface area contributed by atoms with Gasteiger partial charge < -0.3 is 5.32 Å². The summed E-state index contributed by atoms with van der Waals surface area (Å²) in [5.41, 5.74) is 4.14. The average Bonchev–Trinajstić information content (AvgIpc) is 2.68. The number of hydrogen-bond donors (Lipinski definition) is 1. The summed E-state index contributed by atoms with van der Waals surface area (Å²) in [4.78, 5) is 5.58. The molecular formula is C12H13ClN2S. The maximum absolute atomic E-state index is 5.81. The standard InChI is InChI=1S/C12H13ClN2S/c1-9-12(16-8-15-9)6-7-14-11-4-2-10(13)3-5-11/h2-5,8,14H,6-7H2,1H3. The maximum atomic E-state index is 5.81. The molecule has 0 saturated heterocycles. The van der Waals surface area contributed by atoms with Gasteiger partial charge in [-0.3, -0.25) is 0 Å². The summed E-state index contributed by atoms with van der Waals surface area (Å²) >= 11 is 7.53. The molecule has 0 radical (unpaired) electrons. The Labute approximate surface area is 104 Å². The van der Waals surface area contributed by atoms with E-state index in [1.807, 2.05) is 36.7 Å². The second-order valence-electron chi connectivity index (χ2n) is 3.54. The molecular weight excluding hydrogens is 240 g/mol. The first-order valence-electron chi connectivity index (χ1n) is 5.14. The number of hydrogen-bond acceptors (Lipinski definition) is 3. The molecule has 2 nitrogen and oxygen atoms in total. The predicted molar refractivity (Wildman–Crippen MR) is 70.5 cm³/mol. The Bertz CT molecular complexity index is 450. The van der Waals surface area contributed by atoms with Gasteiger partial charge in [0.1, 0.15) is 0 Å². The van der Waals surface area contributed by atoms with E-state index in [1.165, 1.54) is 4.88 Å². The molecule has 2 rings (SSSR count). The quantitative estimate of drug-likeness (QED) is 0.896. The summed E-state index contributed by atoms with van der Waals surface area (Å²) < 4.78 is 0. The highest BCUT2D eigenvalue weighted by Crippen LogP contribution is 2.15. The Kier molecular flexibility index (Phi) is 3.80. The lowest BCUT2D eigenvalue weighted by Crippen LogP contribution is -2.04. The van der Waals surface area contributed by atoms with Crippen molar-refractivity contribution in [3.8, 4) is 0 Å². The molecule has 0 atom stereocenters. The third kappa shape index (κ3) is 2.97. The van der Waals surface area contributed by atoms with Crippen LogP contribution in [0, 0.1) is 6.92 Å². The van der Waals surface area contributed by atoms with Crippen molar-refractivity contribution < 1.29 is 0 Å². The molecule has 0 fully saturated rings. The highest BCUT2D eigenvalue weighted by Gasteiger charge is 2.00. The van der Waals surface area contributed by atoms with Gasteiger partial charge in [0.25, 0.3) is 0 Å². The fraction of sp³-hybridized carbons (Fsp3) is 0.250. The number of benzene rings is 1. The van der Waals surface area contributed by atoms with Crippen LogP contribution in [-0.4, -0.2) is 11.5 Å². The number of aromatic nitrogens is 1. The minimum atomic E-state index is 0.767. The van der Waals surface area contributed by atoms with Gasteiger partial charge in [0, 0.05) is 28.6 Å². The number of nitrogens with one attached hydrogen (secondary N) is 1. The first kappa shape index (κ1) is 11.4. The van der Waals surface area contributed by atoms with Gasteiger partial charge in [-0.15, -0.1) is 11.3 Å². The van der Waals surface area contributed by atoms with Gasteiger partial charge in [-0.1, -0.05) is 11.6 Å². The van der Waals surface area contributed by atoms with Gasteiger partial charge in [0.2, 0.25) is 0 Å². The van der Waals surface area contributed by atoms with Crippen molar-refractivity contribution in [3.63, 3.8) is 0 Å². The largest absolute Gasteiger partial charge is 0.385 e. The second kappa shape index (κ2) is 5.32. The zero-order valence-electron chi connectivity index (χ0n) is 9.03. The van der Waals surface area contributed by atoms with E-state index in [-0.39, 0.29) is 0 Å². The monoisotopic (exact) mass is 252 g/mol. The van der Waals surface area contributed by atoms with Crippen molar-refractivity contribution in [1.82, 2.24) is 4.98 Å². The Morgan fingerprint density at radius 3 is 2.69 bits per heavy atom. The van der Waals surface area contributed by atoms with Crippen LogP contribution in [0.2, 0.25) is 5.02 Å². The van der Waals surface area contributed by atoms with Crippen LogP contribution in [0.15, 0.2) is 29.8 Å². The molecule has 0 aliphatic carbocycles. The van der Waals surface area contributed by atoms with Crippen molar-refractivity contribution in [2.45, 2.75) is 13.3 Å². The van der Waals surface area contributed by atoms with E-state index in [1.54, 1.807) is 11.3 Å². The first-order valence-corrected chi connectivity index (χ1v) is 6.40. The van der Waals surface area contributed by atoms with E-state index in [9.17, 15) is 0 Å². The van der Waals surface area contributed by atoms with Crippen molar-refractivity contribution >= 4 is 28.6 Å². The molecule has 0 bridgehead atoms. The second-order valence-corrected chi connectivity index (χ2v) is 4.92.